The van der Waals surface area contributed by atoms with Gasteiger partial charge in [0, 0.05) is 19.6 Å². The third-order valence-corrected chi connectivity index (χ3v) is 3.69. The van der Waals surface area contributed by atoms with Gasteiger partial charge in [-0.15, -0.1) is 0 Å². The molecule has 17 heavy (non-hydrogen) atoms. The number of amides is 1. The third kappa shape index (κ3) is 3.19. The van der Waals surface area contributed by atoms with Crippen LogP contribution in [-0.2, 0) is 9.59 Å². The van der Waals surface area contributed by atoms with E-state index in [1.165, 1.54) is 6.42 Å². The molecule has 0 aromatic heterocycles. The van der Waals surface area contributed by atoms with E-state index in [4.69, 9.17) is 5.11 Å². The normalized spacial score (nSPS) is 26.1. The largest absolute Gasteiger partial charge is 0.481 e. The number of carboxylic acid groups (broad SMARTS) is 1. The molecule has 0 aromatic rings. The fraction of sp³-hybridized carbons (Fsp3) is 0.833. The summed E-state index contributed by atoms with van der Waals surface area (Å²) >= 11 is 0. The first-order valence-corrected chi connectivity index (χ1v) is 6.40. The standard InChI is InChI=1S/C12H20N2O3/c15-11(14-5-2-1-3-6-14)9-13-7-4-10(8-13)12(16)17/h10H,1-9H2,(H,16,17)/t10-/m1/s1. The third-order valence-electron chi connectivity index (χ3n) is 3.69. The first kappa shape index (κ1) is 12.4. The molecule has 0 radical (unpaired) electrons. The Morgan fingerprint density at radius 1 is 1.12 bits per heavy atom. The molecule has 2 heterocycles. The molecule has 5 nitrogen and oxygen atoms in total. The van der Waals surface area contributed by atoms with Gasteiger partial charge in [-0.25, -0.2) is 0 Å². The Kier molecular flexibility index (Phi) is 3.99. The topological polar surface area (TPSA) is 60.9 Å². The molecule has 0 unspecified atom stereocenters. The maximum atomic E-state index is 12.0. The molecule has 1 N–H and O–H groups in total. The zero-order valence-electron chi connectivity index (χ0n) is 10.1. The highest BCUT2D eigenvalue weighted by Gasteiger charge is 2.30. The summed E-state index contributed by atoms with van der Waals surface area (Å²) < 4.78 is 0. The highest BCUT2D eigenvalue weighted by molar-refractivity contribution is 5.78. The molecule has 0 spiro atoms. The van der Waals surface area contributed by atoms with Crippen LogP contribution in [0.25, 0.3) is 0 Å². The van der Waals surface area contributed by atoms with Gasteiger partial charge in [0.15, 0.2) is 0 Å². The van der Waals surface area contributed by atoms with Gasteiger partial charge in [0.05, 0.1) is 12.5 Å². The van der Waals surface area contributed by atoms with Crippen molar-refractivity contribution in [3.63, 3.8) is 0 Å². The SMILES string of the molecule is O=C(O)[C@@H]1CCN(CC(=O)N2CCCCC2)C1. The van der Waals surface area contributed by atoms with E-state index in [2.05, 4.69) is 0 Å². The van der Waals surface area contributed by atoms with Crippen LogP contribution in [0.4, 0.5) is 0 Å². The maximum absolute atomic E-state index is 12.0. The van der Waals surface area contributed by atoms with E-state index >= 15 is 0 Å². The molecule has 0 saturated carbocycles. The van der Waals surface area contributed by atoms with Crippen molar-refractivity contribution >= 4 is 11.9 Å². The van der Waals surface area contributed by atoms with E-state index in [0.717, 1.165) is 32.5 Å². The van der Waals surface area contributed by atoms with Gasteiger partial charge in [-0.2, -0.15) is 0 Å². The number of hydrogen-bond acceptors (Lipinski definition) is 3. The second-order valence-electron chi connectivity index (χ2n) is 5.00. The number of likely N-dealkylation sites (tertiary alicyclic amines) is 2. The quantitative estimate of drug-likeness (QED) is 0.776. The highest BCUT2D eigenvalue weighted by Crippen LogP contribution is 2.17. The van der Waals surface area contributed by atoms with Crippen LogP contribution in [0.2, 0.25) is 0 Å². The van der Waals surface area contributed by atoms with Gasteiger partial charge in [0.1, 0.15) is 0 Å². The Morgan fingerprint density at radius 2 is 1.82 bits per heavy atom. The molecule has 2 aliphatic heterocycles. The van der Waals surface area contributed by atoms with Crippen LogP contribution in [0.15, 0.2) is 0 Å². The molecule has 0 aromatic carbocycles. The second kappa shape index (κ2) is 5.49. The summed E-state index contributed by atoms with van der Waals surface area (Å²) in [5.74, 6) is -0.863. The zero-order chi connectivity index (χ0) is 12.3. The lowest BCUT2D eigenvalue weighted by Crippen LogP contribution is -2.42. The molecule has 2 aliphatic rings. The van der Waals surface area contributed by atoms with Crippen molar-refractivity contribution in [3.8, 4) is 0 Å². The van der Waals surface area contributed by atoms with Gasteiger partial charge in [0.25, 0.3) is 0 Å². The molecular formula is C12H20N2O3. The van der Waals surface area contributed by atoms with E-state index in [1.54, 1.807) is 0 Å². The van der Waals surface area contributed by atoms with Crippen LogP contribution in [-0.4, -0.2) is 59.5 Å². The number of carbonyl (C=O) groups excluding carboxylic acids is 1. The number of nitrogens with zero attached hydrogens (tertiary/aromatic N) is 2. The maximum Gasteiger partial charge on any atom is 0.307 e. The number of hydrogen-bond donors (Lipinski definition) is 1. The Hall–Kier alpha value is -1.10. The summed E-state index contributed by atoms with van der Waals surface area (Å²) in [6.07, 6.45) is 4.09. The average molecular weight is 240 g/mol. The van der Waals surface area contributed by atoms with Gasteiger partial charge in [0.2, 0.25) is 5.91 Å². The van der Waals surface area contributed by atoms with Crippen molar-refractivity contribution in [3.05, 3.63) is 0 Å². The number of aliphatic carboxylic acids is 1. The van der Waals surface area contributed by atoms with Crippen LogP contribution >= 0.6 is 0 Å². The number of carbonyl (C=O) groups is 2. The molecule has 5 heteroatoms. The van der Waals surface area contributed by atoms with Gasteiger partial charge < -0.3 is 10.0 Å². The molecule has 2 rings (SSSR count). The fourth-order valence-corrected chi connectivity index (χ4v) is 2.61. The lowest BCUT2D eigenvalue weighted by atomic mass is 10.1. The molecule has 96 valence electrons. The van der Waals surface area contributed by atoms with Crippen molar-refractivity contribution in [1.29, 1.82) is 0 Å². The summed E-state index contributed by atoms with van der Waals surface area (Å²) in [6.45, 7) is 3.39. The molecule has 0 aliphatic carbocycles. The first-order chi connectivity index (χ1) is 8.16. The minimum atomic E-state index is -0.738. The lowest BCUT2D eigenvalue weighted by molar-refractivity contribution is -0.141. The molecule has 1 atom stereocenters. The average Bonchev–Trinajstić information content (AvgIpc) is 2.79. The predicted molar refractivity (Wildman–Crippen MR) is 62.6 cm³/mol. The van der Waals surface area contributed by atoms with Crippen molar-refractivity contribution in [2.45, 2.75) is 25.7 Å². The summed E-state index contributed by atoms with van der Waals surface area (Å²) in [5.41, 5.74) is 0. The monoisotopic (exact) mass is 240 g/mol. The van der Waals surface area contributed by atoms with E-state index in [0.29, 0.717) is 19.5 Å². The smallest absolute Gasteiger partial charge is 0.307 e. The van der Waals surface area contributed by atoms with Crippen LogP contribution in [0.5, 0.6) is 0 Å². The Morgan fingerprint density at radius 3 is 2.41 bits per heavy atom. The van der Waals surface area contributed by atoms with Gasteiger partial charge in [-0.3, -0.25) is 14.5 Å². The predicted octanol–water partition coefficient (Wildman–Crippen LogP) is 0.405. The van der Waals surface area contributed by atoms with Crippen LogP contribution < -0.4 is 0 Å². The molecular weight excluding hydrogens is 220 g/mol. The van der Waals surface area contributed by atoms with Crippen molar-refractivity contribution in [2.75, 3.05) is 32.7 Å². The highest BCUT2D eigenvalue weighted by atomic mass is 16.4. The van der Waals surface area contributed by atoms with Gasteiger partial charge in [-0.05, 0) is 32.2 Å². The Labute approximate surface area is 101 Å². The summed E-state index contributed by atoms with van der Waals surface area (Å²) in [6, 6.07) is 0. The van der Waals surface area contributed by atoms with Gasteiger partial charge in [-0.1, -0.05) is 0 Å². The number of rotatable bonds is 3. The molecule has 1 amide bonds. The zero-order valence-corrected chi connectivity index (χ0v) is 10.1. The molecule has 2 fully saturated rings. The minimum absolute atomic E-state index is 0.163. The van der Waals surface area contributed by atoms with Crippen LogP contribution in [0.3, 0.4) is 0 Å². The van der Waals surface area contributed by atoms with Crippen LogP contribution in [0.1, 0.15) is 25.7 Å². The fourth-order valence-electron chi connectivity index (χ4n) is 2.61. The Balaban J connectivity index is 1.77. The minimum Gasteiger partial charge on any atom is -0.481 e. The summed E-state index contributed by atoms with van der Waals surface area (Å²) in [7, 11) is 0. The second-order valence-corrected chi connectivity index (χ2v) is 5.00. The molecule has 0 bridgehead atoms. The lowest BCUT2D eigenvalue weighted by Gasteiger charge is -2.28. The van der Waals surface area contributed by atoms with E-state index in [-0.39, 0.29) is 11.8 Å². The molecule has 2 saturated heterocycles. The number of carboxylic acids is 1. The van der Waals surface area contributed by atoms with Crippen molar-refractivity contribution in [2.24, 2.45) is 5.92 Å². The van der Waals surface area contributed by atoms with E-state index in [9.17, 15) is 9.59 Å². The van der Waals surface area contributed by atoms with Crippen molar-refractivity contribution < 1.29 is 14.7 Å². The first-order valence-electron chi connectivity index (χ1n) is 6.40. The summed E-state index contributed by atoms with van der Waals surface area (Å²) in [5, 5.41) is 8.89. The number of piperidine rings is 1. The Bertz CT molecular complexity index is 300. The van der Waals surface area contributed by atoms with E-state index in [1.807, 2.05) is 9.80 Å². The van der Waals surface area contributed by atoms with Gasteiger partial charge >= 0.3 is 5.97 Å². The van der Waals surface area contributed by atoms with E-state index < -0.39 is 5.97 Å². The van der Waals surface area contributed by atoms with Crippen molar-refractivity contribution in [1.82, 2.24) is 9.80 Å². The summed E-state index contributed by atoms with van der Waals surface area (Å²) in [4.78, 5) is 26.7. The van der Waals surface area contributed by atoms with Crippen LogP contribution in [0, 0.1) is 5.92 Å².